The predicted molar refractivity (Wildman–Crippen MR) is 227 cm³/mol. The molecule has 246 valence electrons. The maximum Gasteiger partial charge on any atom is 0.153 e. The highest BCUT2D eigenvalue weighted by atomic mass is 16.3. The second-order valence-corrected chi connectivity index (χ2v) is 13.6. The lowest BCUT2D eigenvalue weighted by molar-refractivity contribution is 0.459. The normalized spacial score (nSPS) is 11.7. The van der Waals surface area contributed by atoms with Gasteiger partial charge in [0.2, 0.25) is 0 Å². The number of nitrogens with zero attached hydrogens (tertiary/aromatic N) is 2. The van der Waals surface area contributed by atoms with Crippen LogP contribution in [0, 0.1) is 0 Å². The predicted octanol–water partition coefficient (Wildman–Crippen LogP) is 8.43. The fraction of sp³-hybridized carbons (Fsp3) is 0. The molecule has 54 heavy (non-hydrogen) atoms. The van der Waals surface area contributed by atoms with Gasteiger partial charge < -0.3 is 10.2 Å². The van der Waals surface area contributed by atoms with Crippen molar-refractivity contribution in [3.05, 3.63) is 152 Å². The van der Waals surface area contributed by atoms with E-state index in [9.17, 15) is 10.2 Å². The van der Waals surface area contributed by atoms with E-state index in [4.69, 9.17) is 28.5 Å². The van der Waals surface area contributed by atoms with E-state index in [0.717, 1.165) is 43.9 Å². The summed E-state index contributed by atoms with van der Waals surface area (Å²) in [7, 11) is 18.6. The number of fused-ring (bicyclic) bond motifs is 6. The first-order valence-corrected chi connectivity index (χ1v) is 17.7. The zero-order valence-electron chi connectivity index (χ0n) is 29.0. The highest BCUT2D eigenvalue weighted by Crippen LogP contribution is 2.48. The fourth-order valence-electron chi connectivity index (χ4n) is 8.28. The van der Waals surface area contributed by atoms with Gasteiger partial charge in [-0.1, -0.05) is 138 Å². The number of hydrogen-bond acceptors (Lipinski definition) is 3. The van der Waals surface area contributed by atoms with E-state index in [2.05, 4.69) is 109 Å². The third kappa shape index (κ3) is 4.58. The molecule has 0 aliphatic rings. The molecule has 0 spiro atoms. The first-order chi connectivity index (χ1) is 26.4. The van der Waals surface area contributed by atoms with Gasteiger partial charge >= 0.3 is 0 Å². The van der Waals surface area contributed by atoms with Crippen LogP contribution in [0.3, 0.4) is 0 Å². The molecule has 1 aromatic heterocycles. The Kier molecular flexibility index (Phi) is 7.21. The van der Waals surface area contributed by atoms with Crippen LogP contribution in [0.4, 0.5) is 0 Å². The van der Waals surface area contributed by atoms with E-state index in [0.29, 0.717) is 5.52 Å². The highest BCUT2D eigenvalue weighted by Gasteiger charge is 2.26. The van der Waals surface area contributed by atoms with Gasteiger partial charge in [-0.3, -0.25) is 4.57 Å². The van der Waals surface area contributed by atoms with Crippen LogP contribution in [-0.4, -0.2) is 43.3 Å². The van der Waals surface area contributed by atoms with Gasteiger partial charge in [0.05, 0.1) is 22.3 Å². The SMILES string of the molecule is [B]c1c([B])c(O)c(-c2nc3ccccc3n2-c2ccccc2-c2c3ccccc3c(-c3cc4ccccc4c4ccccc34)c3ccccc23)c(O)c1[B]. The van der Waals surface area contributed by atoms with Gasteiger partial charge in [0.25, 0.3) is 0 Å². The maximum absolute atomic E-state index is 11.4. The van der Waals surface area contributed by atoms with Gasteiger partial charge in [-0.05, 0) is 84.0 Å². The molecule has 10 aromatic rings. The molecular weight excluding hydrogens is 657 g/mol. The zero-order chi connectivity index (χ0) is 36.7. The molecule has 0 aliphatic heterocycles. The molecule has 0 amide bonds. The zero-order valence-corrected chi connectivity index (χ0v) is 29.0. The largest absolute Gasteiger partial charge is 0.508 e. The van der Waals surface area contributed by atoms with E-state index in [1.165, 1.54) is 32.7 Å². The van der Waals surface area contributed by atoms with Gasteiger partial charge in [-0.15, -0.1) is 5.46 Å². The molecule has 0 fully saturated rings. The molecule has 0 aliphatic carbocycles. The number of hydrogen-bond donors (Lipinski definition) is 2. The molecule has 0 saturated carbocycles. The Hall–Kier alpha value is -6.72. The lowest BCUT2D eigenvalue weighted by atomic mass is 9.70. The Morgan fingerprint density at radius 1 is 0.426 bits per heavy atom. The van der Waals surface area contributed by atoms with Crippen LogP contribution in [0.25, 0.3) is 93.5 Å². The van der Waals surface area contributed by atoms with Crippen molar-refractivity contribution >= 4 is 94.1 Å². The van der Waals surface area contributed by atoms with E-state index < -0.39 is 11.5 Å². The molecule has 6 radical (unpaired) electrons. The molecule has 4 nitrogen and oxygen atoms in total. The van der Waals surface area contributed by atoms with Crippen molar-refractivity contribution in [1.29, 1.82) is 0 Å². The van der Waals surface area contributed by atoms with Crippen LogP contribution < -0.4 is 16.4 Å². The molecule has 7 heteroatoms. The van der Waals surface area contributed by atoms with Gasteiger partial charge in [-0.2, -0.15) is 0 Å². The molecule has 0 atom stereocenters. The first kappa shape index (κ1) is 32.0. The first-order valence-electron chi connectivity index (χ1n) is 17.7. The second kappa shape index (κ2) is 12.2. The Bertz CT molecular complexity index is 3100. The Labute approximate surface area is 315 Å². The van der Waals surface area contributed by atoms with E-state index in [1.807, 2.05) is 47.0 Å². The monoisotopic (exact) mass is 684 g/mol. The minimum absolute atomic E-state index is 0.00144. The lowest BCUT2D eigenvalue weighted by Crippen LogP contribution is -2.39. The summed E-state index contributed by atoms with van der Waals surface area (Å²) in [5.41, 5.74) is 6.18. The molecule has 0 unspecified atom stereocenters. The van der Waals surface area contributed by atoms with Gasteiger partial charge in [0.15, 0.2) is 5.82 Å². The number of para-hydroxylation sites is 3. The summed E-state index contributed by atoms with van der Waals surface area (Å²) >= 11 is 0. The smallest absolute Gasteiger partial charge is 0.153 e. The number of rotatable bonds is 4. The van der Waals surface area contributed by atoms with Crippen LogP contribution >= 0.6 is 0 Å². The van der Waals surface area contributed by atoms with Crippen molar-refractivity contribution in [3.8, 4) is 50.8 Å². The average molecular weight is 684 g/mol. The van der Waals surface area contributed by atoms with Gasteiger partial charge in [0, 0.05) is 5.56 Å². The summed E-state index contributed by atoms with van der Waals surface area (Å²) < 4.78 is 1.95. The molecule has 10 rings (SSSR count). The van der Waals surface area contributed by atoms with Crippen LogP contribution in [0.5, 0.6) is 11.5 Å². The van der Waals surface area contributed by atoms with E-state index in [1.54, 1.807) is 0 Å². The fourth-order valence-corrected chi connectivity index (χ4v) is 8.28. The van der Waals surface area contributed by atoms with Crippen LogP contribution in [0.2, 0.25) is 0 Å². The third-order valence-electron chi connectivity index (χ3n) is 10.7. The van der Waals surface area contributed by atoms with E-state index >= 15 is 0 Å². The molecule has 2 N–H and O–H groups in total. The summed E-state index contributed by atoms with van der Waals surface area (Å²) in [5, 5.41) is 32.0. The number of phenols is 2. The Morgan fingerprint density at radius 2 is 0.907 bits per heavy atom. The summed E-state index contributed by atoms with van der Waals surface area (Å²) in [6.45, 7) is 0. The Balaban J connectivity index is 1.33. The van der Waals surface area contributed by atoms with Crippen LogP contribution in [0.15, 0.2) is 152 Å². The number of benzene rings is 9. The number of aromatic nitrogens is 2. The van der Waals surface area contributed by atoms with Crippen LogP contribution in [0.1, 0.15) is 0 Å². The average Bonchev–Trinajstić information content (AvgIpc) is 3.60. The quantitative estimate of drug-likeness (QED) is 0.111. The van der Waals surface area contributed by atoms with Crippen molar-refractivity contribution in [2.75, 3.05) is 0 Å². The second-order valence-electron chi connectivity index (χ2n) is 13.6. The van der Waals surface area contributed by atoms with Crippen molar-refractivity contribution in [2.24, 2.45) is 0 Å². The van der Waals surface area contributed by atoms with Crippen molar-refractivity contribution in [3.63, 3.8) is 0 Å². The number of aromatic hydroxyl groups is 2. The maximum atomic E-state index is 11.4. The number of phenolic OH excluding ortho intramolecular Hbond substituents is 2. The summed E-state index contributed by atoms with van der Waals surface area (Å²) in [4.78, 5) is 4.95. The minimum atomic E-state index is -0.392. The molecule has 9 aromatic carbocycles. The van der Waals surface area contributed by atoms with Gasteiger partial charge in [-0.25, -0.2) is 4.98 Å². The summed E-state index contributed by atoms with van der Waals surface area (Å²) in [6, 6.07) is 52.5. The van der Waals surface area contributed by atoms with Crippen molar-refractivity contribution < 1.29 is 10.2 Å². The summed E-state index contributed by atoms with van der Waals surface area (Å²) in [5.74, 6) is -0.517. The van der Waals surface area contributed by atoms with Gasteiger partial charge in [0.1, 0.15) is 35.0 Å². The molecule has 0 bridgehead atoms. The minimum Gasteiger partial charge on any atom is -0.508 e. The lowest BCUT2D eigenvalue weighted by Gasteiger charge is -2.22. The number of imidazole rings is 1. The van der Waals surface area contributed by atoms with Crippen LogP contribution in [-0.2, 0) is 0 Å². The summed E-state index contributed by atoms with van der Waals surface area (Å²) in [6.07, 6.45) is 0. The van der Waals surface area contributed by atoms with Crippen molar-refractivity contribution in [1.82, 2.24) is 9.55 Å². The van der Waals surface area contributed by atoms with Crippen molar-refractivity contribution in [2.45, 2.75) is 0 Å². The van der Waals surface area contributed by atoms with E-state index in [-0.39, 0.29) is 27.8 Å². The topological polar surface area (TPSA) is 58.3 Å². The molecule has 0 saturated heterocycles. The standard InChI is InChI=1S/C47H27B3N2O2/c48-42-43(49)45(53)41(46(54)44(42)50)47-51-36-22-10-12-24-38(36)52(47)37-23-11-9-21-34(37)39-30-17-5-7-19-32(30)40(33-20-8-6-18-31(33)39)35-25-26-13-1-2-14-27(26)28-15-3-4-16-29(28)35/h1-25,53-54H. The molecular formula is C47H27B3N2O2. The molecule has 1 heterocycles. The Morgan fingerprint density at radius 3 is 1.56 bits per heavy atom. The highest BCUT2D eigenvalue weighted by molar-refractivity contribution is 6.59. The third-order valence-corrected chi connectivity index (χ3v) is 10.7.